The highest BCUT2D eigenvalue weighted by Gasteiger charge is 2.36. The van der Waals surface area contributed by atoms with Crippen molar-refractivity contribution in [2.75, 3.05) is 18.0 Å². The number of rotatable bonds is 7. The Bertz CT molecular complexity index is 1330. The van der Waals surface area contributed by atoms with Crippen LogP contribution in [0.25, 0.3) is 0 Å². The van der Waals surface area contributed by atoms with Gasteiger partial charge in [0.25, 0.3) is 17.7 Å². The second-order valence-electron chi connectivity index (χ2n) is 8.96. The Morgan fingerprint density at radius 2 is 1.44 bits per heavy atom. The molecule has 7 heteroatoms. The van der Waals surface area contributed by atoms with Gasteiger partial charge in [-0.2, -0.15) is 0 Å². The molecule has 3 amide bonds. The number of carbonyl (C=O) groups is 3. The number of carbonyl (C=O) groups excluding carboxylic acids is 3. The van der Waals surface area contributed by atoms with Crippen LogP contribution in [-0.4, -0.2) is 47.5 Å². The normalized spacial score (nSPS) is 17.1. The van der Waals surface area contributed by atoms with Crippen LogP contribution in [-0.2, 0) is 4.79 Å². The quantitative estimate of drug-likeness (QED) is 0.410. The lowest BCUT2D eigenvalue weighted by Gasteiger charge is -2.26. The van der Waals surface area contributed by atoms with Gasteiger partial charge in [-0.05, 0) is 43.2 Å². The van der Waals surface area contributed by atoms with Crippen LogP contribution in [0.4, 0.5) is 5.69 Å². The summed E-state index contributed by atoms with van der Waals surface area (Å²) >= 11 is 6.39. The van der Waals surface area contributed by atoms with E-state index in [-0.39, 0.29) is 24.3 Å². The molecule has 0 N–H and O–H groups in total. The number of nitrogens with zero attached hydrogens (tertiary/aromatic N) is 3. The van der Waals surface area contributed by atoms with E-state index in [1.807, 2.05) is 49.4 Å². The molecule has 0 bridgehead atoms. The summed E-state index contributed by atoms with van der Waals surface area (Å²) in [5, 5.41) is 0.560. The molecule has 0 radical (unpaired) electrons. The molecule has 0 spiro atoms. The predicted molar refractivity (Wildman–Crippen MR) is 141 cm³/mol. The van der Waals surface area contributed by atoms with Crippen LogP contribution in [0.15, 0.2) is 77.8 Å². The molecule has 36 heavy (non-hydrogen) atoms. The third-order valence-corrected chi connectivity index (χ3v) is 6.83. The third-order valence-electron chi connectivity index (χ3n) is 6.59. The van der Waals surface area contributed by atoms with Gasteiger partial charge in [-0.25, -0.2) is 0 Å². The van der Waals surface area contributed by atoms with Crippen LogP contribution in [0.5, 0.6) is 0 Å². The minimum absolute atomic E-state index is 0.0892. The Morgan fingerprint density at radius 1 is 0.806 bits per heavy atom. The first-order valence-electron chi connectivity index (χ1n) is 12.2. The van der Waals surface area contributed by atoms with Gasteiger partial charge in [0.1, 0.15) is 6.04 Å². The van der Waals surface area contributed by atoms with Crippen LogP contribution in [0.3, 0.4) is 0 Å². The Labute approximate surface area is 215 Å². The van der Waals surface area contributed by atoms with Crippen molar-refractivity contribution in [2.45, 2.75) is 32.2 Å². The van der Waals surface area contributed by atoms with Crippen LogP contribution >= 0.6 is 11.6 Å². The van der Waals surface area contributed by atoms with Crippen molar-refractivity contribution < 1.29 is 14.4 Å². The second kappa shape index (κ2) is 10.1. The Balaban J connectivity index is 1.45. The van der Waals surface area contributed by atoms with Crippen LogP contribution in [0.1, 0.15) is 58.0 Å². The Hall–Kier alpha value is -3.77. The minimum Gasteiger partial charge on any atom is -0.310 e. The van der Waals surface area contributed by atoms with Gasteiger partial charge in [0.2, 0.25) is 0 Å². The standard InChI is InChI=1S/C29H26ClN3O3/c1-2-9-24-29(36)32(16-8-17-33-27(34)21-12-6-7-13-22(21)28(33)35)25-15-14-20(30)18-23(25)26(31-24)19-10-4-3-5-11-19/h3-7,10-15,18,24H,2,8-9,16-17H2,1H3. The average molecular weight is 500 g/mol. The molecule has 182 valence electrons. The monoisotopic (exact) mass is 499 g/mol. The lowest BCUT2D eigenvalue weighted by Crippen LogP contribution is -2.40. The lowest BCUT2D eigenvalue weighted by atomic mass is 10.00. The van der Waals surface area contributed by atoms with Gasteiger partial charge in [-0.15, -0.1) is 0 Å². The van der Waals surface area contributed by atoms with Gasteiger partial charge < -0.3 is 4.90 Å². The van der Waals surface area contributed by atoms with E-state index in [4.69, 9.17) is 16.6 Å². The molecule has 1 unspecified atom stereocenters. The van der Waals surface area contributed by atoms with Gasteiger partial charge in [-0.3, -0.25) is 24.3 Å². The van der Waals surface area contributed by atoms with E-state index in [2.05, 4.69) is 0 Å². The van der Waals surface area contributed by atoms with E-state index in [9.17, 15) is 14.4 Å². The number of anilines is 1. The molecule has 0 saturated heterocycles. The molecule has 0 fully saturated rings. The fourth-order valence-electron chi connectivity index (χ4n) is 4.86. The van der Waals surface area contributed by atoms with E-state index >= 15 is 0 Å². The molecule has 3 aromatic rings. The van der Waals surface area contributed by atoms with Crippen molar-refractivity contribution in [2.24, 2.45) is 4.99 Å². The summed E-state index contributed by atoms with van der Waals surface area (Å²) in [4.78, 5) is 47.2. The summed E-state index contributed by atoms with van der Waals surface area (Å²) in [7, 11) is 0. The summed E-state index contributed by atoms with van der Waals surface area (Å²) < 4.78 is 0. The third kappa shape index (κ3) is 4.33. The van der Waals surface area contributed by atoms with Crippen molar-refractivity contribution in [1.29, 1.82) is 0 Å². The topological polar surface area (TPSA) is 70.0 Å². The van der Waals surface area contributed by atoms with E-state index in [0.717, 1.165) is 28.9 Å². The summed E-state index contributed by atoms with van der Waals surface area (Å²) in [6.45, 7) is 2.61. The Morgan fingerprint density at radius 3 is 2.11 bits per heavy atom. The van der Waals surface area contributed by atoms with E-state index < -0.39 is 6.04 Å². The molecule has 2 aliphatic heterocycles. The zero-order valence-corrected chi connectivity index (χ0v) is 20.7. The summed E-state index contributed by atoms with van der Waals surface area (Å²) in [5.41, 5.74) is 4.04. The zero-order chi connectivity index (χ0) is 25.2. The van der Waals surface area contributed by atoms with Crippen molar-refractivity contribution in [1.82, 2.24) is 4.90 Å². The van der Waals surface area contributed by atoms with E-state index in [1.165, 1.54) is 4.90 Å². The van der Waals surface area contributed by atoms with Crippen molar-refractivity contribution in [3.63, 3.8) is 0 Å². The number of fused-ring (bicyclic) bond motifs is 2. The SMILES string of the molecule is CCCC1N=C(c2ccccc2)c2cc(Cl)ccc2N(CCCN2C(=O)c3ccccc3C2=O)C1=O. The Kier molecular flexibility index (Phi) is 6.70. The van der Waals surface area contributed by atoms with E-state index in [1.54, 1.807) is 35.2 Å². The summed E-state index contributed by atoms with van der Waals surface area (Å²) in [6.07, 6.45) is 1.87. The average Bonchev–Trinajstić information content (AvgIpc) is 3.07. The van der Waals surface area contributed by atoms with Gasteiger partial charge >= 0.3 is 0 Å². The van der Waals surface area contributed by atoms with Crippen LogP contribution < -0.4 is 4.90 Å². The number of benzodiazepines with no additional fused rings is 1. The second-order valence-corrected chi connectivity index (χ2v) is 9.40. The number of imide groups is 1. The molecular weight excluding hydrogens is 474 g/mol. The van der Waals surface area contributed by atoms with Crippen molar-refractivity contribution >= 4 is 40.7 Å². The summed E-state index contributed by atoms with van der Waals surface area (Å²) in [5.74, 6) is -0.666. The van der Waals surface area contributed by atoms with Gasteiger partial charge in [0.15, 0.2) is 0 Å². The highest BCUT2D eigenvalue weighted by Crippen LogP contribution is 2.32. The maximum atomic E-state index is 13.7. The van der Waals surface area contributed by atoms with Crippen molar-refractivity contribution in [3.05, 3.63) is 100 Å². The fourth-order valence-corrected chi connectivity index (χ4v) is 5.03. The zero-order valence-electron chi connectivity index (χ0n) is 20.0. The van der Waals surface area contributed by atoms with Crippen LogP contribution in [0, 0.1) is 0 Å². The largest absolute Gasteiger partial charge is 0.310 e. The molecule has 2 heterocycles. The molecule has 0 aromatic heterocycles. The molecule has 6 nitrogen and oxygen atoms in total. The molecule has 1 atom stereocenters. The number of hydrogen-bond acceptors (Lipinski definition) is 4. The first-order valence-corrected chi connectivity index (χ1v) is 12.6. The van der Waals surface area contributed by atoms with Gasteiger partial charge in [0, 0.05) is 29.2 Å². The summed E-state index contributed by atoms with van der Waals surface area (Å²) in [6, 6.07) is 21.6. The van der Waals surface area contributed by atoms with Crippen LogP contribution in [0.2, 0.25) is 5.02 Å². The number of halogens is 1. The van der Waals surface area contributed by atoms with Gasteiger partial charge in [-0.1, -0.05) is 67.4 Å². The predicted octanol–water partition coefficient (Wildman–Crippen LogP) is 5.38. The highest BCUT2D eigenvalue weighted by atomic mass is 35.5. The van der Waals surface area contributed by atoms with Gasteiger partial charge in [0.05, 0.1) is 22.5 Å². The van der Waals surface area contributed by atoms with E-state index in [0.29, 0.717) is 35.5 Å². The molecule has 0 aliphatic carbocycles. The molecule has 0 saturated carbocycles. The van der Waals surface area contributed by atoms with Crippen molar-refractivity contribution in [3.8, 4) is 0 Å². The number of aliphatic imine (C=N–C) groups is 1. The molecular formula is C29H26ClN3O3. The molecule has 5 rings (SSSR count). The first-order chi connectivity index (χ1) is 17.5. The molecule has 2 aliphatic rings. The molecule has 3 aromatic carbocycles. The lowest BCUT2D eigenvalue weighted by molar-refractivity contribution is -0.119. The number of hydrogen-bond donors (Lipinski definition) is 0. The maximum Gasteiger partial charge on any atom is 0.261 e. The first kappa shape index (κ1) is 23.9. The minimum atomic E-state index is -0.532. The fraction of sp³-hybridized carbons (Fsp3) is 0.241. The maximum absolute atomic E-state index is 13.7. The number of amides is 3. The number of benzene rings is 3. The highest BCUT2D eigenvalue weighted by molar-refractivity contribution is 6.32. The smallest absolute Gasteiger partial charge is 0.261 e.